The maximum atomic E-state index is 7.86. The van der Waals surface area contributed by atoms with Crippen LogP contribution in [0.3, 0.4) is 0 Å². The van der Waals surface area contributed by atoms with Crippen molar-refractivity contribution in [2.75, 3.05) is 6.61 Å². The SMILES string of the molecule is CCOC(=S)NN.Cc1ccccc1C.NNC(O)=S. The molecule has 0 aliphatic rings. The molecule has 1 aromatic rings. The van der Waals surface area contributed by atoms with Gasteiger partial charge in [-0.1, -0.05) is 24.3 Å². The second-order valence-corrected chi connectivity index (χ2v) is 4.16. The molecule has 0 aromatic heterocycles. The van der Waals surface area contributed by atoms with Crippen LogP contribution in [-0.4, -0.2) is 22.1 Å². The van der Waals surface area contributed by atoms with Crippen LogP contribution in [-0.2, 0) is 4.74 Å². The minimum absolute atomic E-state index is 0.238. The van der Waals surface area contributed by atoms with E-state index in [1.807, 2.05) is 12.3 Å². The van der Waals surface area contributed by atoms with Gasteiger partial charge in [-0.2, -0.15) is 0 Å². The number of hydrogen-bond acceptors (Lipinski definition) is 5. The molecule has 7 N–H and O–H groups in total. The topological polar surface area (TPSA) is 106 Å². The first-order chi connectivity index (χ1) is 9.38. The molecular weight excluding hydrogens is 296 g/mol. The highest BCUT2D eigenvalue weighted by Crippen LogP contribution is 2.02. The summed E-state index contributed by atoms with van der Waals surface area (Å²) in [5, 5.41) is 7.71. The van der Waals surface area contributed by atoms with E-state index in [0.717, 1.165) is 0 Å². The number of thiocarbonyl (C=S) groups is 2. The Morgan fingerprint density at radius 1 is 1.15 bits per heavy atom. The van der Waals surface area contributed by atoms with Gasteiger partial charge in [0.25, 0.3) is 10.3 Å². The Kier molecular flexibility index (Phi) is 14.5. The molecule has 114 valence electrons. The molecule has 0 radical (unpaired) electrons. The van der Waals surface area contributed by atoms with E-state index in [0.29, 0.717) is 6.61 Å². The number of nitrogens with two attached hydrogens (primary N) is 2. The van der Waals surface area contributed by atoms with Crippen molar-refractivity contribution in [2.45, 2.75) is 20.8 Å². The fourth-order valence-corrected chi connectivity index (χ4v) is 0.953. The van der Waals surface area contributed by atoms with Crippen molar-refractivity contribution in [1.82, 2.24) is 10.9 Å². The molecule has 0 saturated heterocycles. The van der Waals surface area contributed by atoms with Gasteiger partial charge in [-0.3, -0.25) is 10.9 Å². The number of hydrazine groups is 2. The zero-order valence-electron chi connectivity index (χ0n) is 11.8. The standard InChI is InChI=1S/C8H10.C3H8N2OS.CH4N2OS/c1-7-5-3-4-6-8(7)2;1-2-6-3(7)5-4;2-3-1(4)5/h3-6H,1-2H3;2,4H2,1H3,(H,5,7);2H2,(H2,3,4,5). The smallest absolute Gasteiger partial charge is 0.271 e. The van der Waals surface area contributed by atoms with E-state index >= 15 is 0 Å². The molecule has 0 heterocycles. The van der Waals surface area contributed by atoms with Crippen LogP contribution in [0.4, 0.5) is 0 Å². The molecule has 0 saturated carbocycles. The van der Waals surface area contributed by atoms with Crippen LogP contribution in [0.5, 0.6) is 0 Å². The molecule has 0 unspecified atom stereocenters. The largest absolute Gasteiger partial charge is 0.486 e. The lowest BCUT2D eigenvalue weighted by Crippen LogP contribution is -2.30. The van der Waals surface area contributed by atoms with Gasteiger partial charge >= 0.3 is 0 Å². The van der Waals surface area contributed by atoms with Crippen LogP contribution in [0.2, 0.25) is 0 Å². The van der Waals surface area contributed by atoms with Crippen molar-refractivity contribution in [2.24, 2.45) is 11.7 Å². The van der Waals surface area contributed by atoms with Crippen LogP contribution in [0.15, 0.2) is 24.3 Å². The minimum Gasteiger partial charge on any atom is -0.486 e. The van der Waals surface area contributed by atoms with Crippen LogP contribution in [0, 0.1) is 13.8 Å². The fourth-order valence-electron chi connectivity index (χ4n) is 0.835. The van der Waals surface area contributed by atoms with E-state index < -0.39 is 0 Å². The molecule has 20 heavy (non-hydrogen) atoms. The Labute approximate surface area is 130 Å². The molecule has 0 bridgehead atoms. The number of benzene rings is 1. The third kappa shape index (κ3) is 14.6. The number of aryl methyl sites for hydroxylation is 2. The van der Waals surface area contributed by atoms with Gasteiger partial charge in [0, 0.05) is 0 Å². The number of rotatable bonds is 1. The number of aliphatic hydroxyl groups excluding tert-OH is 1. The summed E-state index contributed by atoms with van der Waals surface area (Å²) in [6.45, 7) is 6.64. The Morgan fingerprint density at radius 3 is 1.70 bits per heavy atom. The Hall–Kier alpha value is -1.48. The highest BCUT2D eigenvalue weighted by Gasteiger charge is 1.84. The summed E-state index contributed by atoms with van der Waals surface area (Å²) in [4.78, 5) is 0. The summed E-state index contributed by atoms with van der Waals surface area (Å²) in [6.07, 6.45) is 0. The molecular formula is C12H22N4O2S2. The predicted octanol–water partition coefficient (Wildman–Crippen LogP) is 1.37. The van der Waals surface area contributed by atoms with Crippen molar-refractivity contribution in [1.29, 1.82) is 0 Å². The van der Waals surface area contributed by atoms with Crippen molar-refractivity contribution >= 4 is 34.8 Å². The lowest BCUT2D eigenvalue weighted by Gasteiger charge is -1.99. The Morgan fingerprint density at radius 2 is 1.55 bits per heavy atom. The van der Waals surface area contributed by atoms with Gasteiger partial charge in [-0.15, -0.1) is 0 Å². The van der Waals surface area contributed by atoms with Gasteiger partial charge in [-0.25, -0.2) is 11.7 Å². The molecule has 1 aromatic carbocycles. The van der Waals surface area contributed by atoms with Gasteiger partial charge < -0.3 is 9.84 Å². The molecule has 0 aliphatic carbocycles. The lowest BCUT2D eigenvalue weighted by atomic mass is 10.1. The van der Waals surface area contributed by atoms with Crippen molar-refractivity contribution in [3.05, 3.63) is 35.4 Å². The first kappa shape index (κ1) is 20.8. The normalized spacial score (nSPS) is 8.05. The zero-order valence-corrected chi connectivity index (χ0v) is 13.5. The monoisotopic (exact) mass is 318 g/mol. The zero-order chi connectivity index (χ0) is 16.0. The van der Waals surface area contributed by atoms with Crippen LogP contribution in [0.1, 0.15) is 18.1 Å². The number of ether oxygens (including phenoxy) is 1. The second kappa shape index (κ2) is 13.9. The molecule has 8 heteroatoms. The lowest BCUT2D eigenvalue weighted by molar-refractivity contribution is 0.321. The van der Waals surface area contributed by atoms with E-state index in [1.165, 1.54) is 11.1 Å². The molecule has 0 fully saturated rings. The summed E-state index contributed by atoms with van der Waals surface area (Å²) < 4.78 is 4.69. The predicted molar refractivity (Wildman–Crippen MR) is 90.0 cm³/mol. The second-order valence-electron chi connectivity index (χ2n) is 3.40. The summed E-state index contributed by atoms with van der Waals surface area (Å²) in [7, 11) is 0. The van der Waals surface area contributed by atoms with Gasteiger partial charge in [0.1, 0.15) is 0 Å². The van der Waals surface area contributed by atoms with Crippen LogP contribution in [0.25, 0.3) is 0 Å². The first-order valence-corrected chi connectivity index (χ1v) is 6.55. The Bertz CT molecular complexity index is 382. The van der Waals surface area contributed by atoms with E-state index in [1.54, 1.807) is 0 Å². The molecule has 0 atom stereocenters. The molecule has 6 nitrogen and oxygen atoms in total. The van der Waals surface area contributed by atoms with Gasteiger partial charge in [-0.05, 0) is 56.3 Å². The van der Waals surface area contributed by atoms with Crippen LogP contribution < -0.4 is 22.5 Å². The van der Waals surface area contributed by atoms with Crippen molar-refractivity contribution in [3.8, 4) is 0 Å². The fraction of sp³-hybridized carbons (Fsp3) is 0.333. The average molecular weight is 318 g/mol. The van der Waals surface area contributed by atoms with E-state index in [-0.39, 0.29) is 10.3 Å². The molecule has 0 spiro atoms. The highest BCUT2D eigenvalue weighted by atomic mass is 32.1. The van der Waals surface area contributed by atoms with Gasteiger partial charge in [0.2, 0.25) is 0 Å². The highest BCUT2D eigenvalue weighted by molar-refractivity contribution is 7.80. The molecule has 1 rings (SSSR count). The summed E-state index contributed by atoms with van der Waals surface area (Å²) >= 11 is 8.51. The third-order valence-corrected chi connectivity index (χ3v) is 2.30. The minimum atomic E-state index is -0.384. The average Bonchev–Trinajstić information content (AvgIpc) is 2.43. The summed E-state index contributed by atoms with van der Waals surface area (Å²) in [5.41, 5.74) is 6.73. The van der Waals surface area contributed by atoms with Crippen molar-refractivity contribution in [3.63, 3.8) is 0 Å². The number of hydrogen-bond donors (Lipinski definition) is 5. The number of nitrogens with one attached hydrogen (secondary N) is 2. The van der Waals surface area contributed by atoms with Gasteiger partial charge in [0.15, 0.2) is 0 Å². The molecule has 0 amide bonds. The van der Waals surface area contributed by atoms with E-state index in [4.69, 9.17) is 10.9 Å². The number of aliphatic hydroxyl groups is 1. The maximum Gasteiger partial charge on any atom is 0.271 e. The summed E-state index contributed by atoms with van der Waals surface area (Å²) in [6, 6.07) is 8.36. The molecule has 0 aliphatic heterocycles. The van der Waals surface area contributed by atoms with Crippen molar-refractivity contribution < 1.29 is 9.84 Å². The van der Waals surface area contributed by atoms with E-state index in [2.05, 4.69) is 78.6 Å². The maximum absolute atomic E-state index is 7.86. The summed E-state index contributed by atoms with van der Waals surface area (Å²) in [5.74, 6) is 9.37. The Balaban J connectivity index is 0. The first-order valence-electron chi connectivity index (χ1n) is 5.74. The third-order valence-electron chi connectivity index (χ3n) is 1.94. The van der Waals surface area contributed by atoms with Crippen LogP contribution >= 0.6 is 24.4 Å². The quantitative estimate of drug-likeness (QED) is 0.300. The van der Waals surface area contributed by atoms with Gasteiger partial charge in [0.05, 0.1) is 6.61 Å². The van der Waals surface area contributed by atoms with E-state index in [9.17, 15) is 0 Å².